The normalized spacial score (nSPS) is 13.6. The number of aryl methyl sites for hydroxylation is 2. The predicted molar refractivity (Wildman–Crippen MR) is 145 cm³/mol. The van der Waals surface area contributed by atoms with Gasteiger partial charge in [-0.15, -0.1) is 0 Å². The number of anilines is 2. The summed E-state index contributed by atoms with van der Waals surface area (Å²) in [7, 11) is 1.69. The fourth-order valence-corrected chi connectivity index (χ4v) is 4.87. The quantitative estimate of drug-likeness (QED) is 0.381. The van der Waals surface area contributed by atoms with Crippen molar-refractivity contribution in [3.8, 4) is 5.75 Å². The minimum atomic E-state index is 0.0618. The number of carbonyl (C=O) groups is 1. The number of ether oxygens (including phenoxy) is 1. The lowest BCUT2D eigenvalue weighted by molar-refractivity contribution is 0.0745. The molecule has 35 heavy (non-hydrogen) atoms. The van der Waals surface area contributed by atoms with Crippen LogP contribution in [-0.2, 0) is 6.42 Å². The number of carbonyl (C=O) groups excluding carboxylic acids is 1. The molecular weight excluding hydrogens is 456 g/mol. The van der Waals surface area contributed by atoms with Gasteiger partial charge in [0.15, 0.2) is 0 Å². The number of benzene rings is 2. The van der Waals surface area contributed by atoms with E-state index in [1.807, 2.05) is 36.1 Å². The maximum Gasteiger partial charge on any atom is 0.254 e. The fourth-order valence-electron chi connectivity index (χ4n) is 4.23. The van der Waals surface area contributed by atoms with Crippen LogP contribution in [0.4, 0.5) is 11.4 Å². The second-order valence-corrected chi connectivity index (χ2v) is 9.62. The van der Waals surface area contributed by atoms with Crippen LogP contribution in [0.5, 0.6) is 5.75 Å². The van der Waals surface area contributed by atoms with Gasteiger partial charge in [0, 0.05) is 55.6 Å². The third kappa shape index (κ3) is 6.28. The Morgan fingerprint density at radius 2 is 1.83 bits per heavy atom. The average Bonchev–Trinajstić information content (AvgIpc) is 2.91. The molecule has 0 bridgehead atoms. The highest BCUT2D eigenvalue weighted by Gasteiger charge is 2.25. The molecule has 184 valence electrons. The molecule has 1 saturated heterocycles. The minimum absolute atomic E-state index is 0.0618. The highest BCUT2D eigenvalue weighted by Crippen LogP contribution is 2.29. The molecule has 1 aliphatic heterocycles. The van der Waals surface area contributed by atoms with Gasteiger partial charge < -0.3 is 19.3 Å². The van der Waals surface area contributed by atoms with Crippen LogP contribution in [0.1, 0.15) is 41.3 Å². The molecule has 2 aromatic carbocycles. The van der Waals surface area contributed by atoms with Crippen LogP contribution in [0.3, 0.4) is 0 Å². The SMILES string of the molecule is CCCCc1ccc(NSc2cc(C(=O)N3CCN(c4ccccc4OC)CC3)c(C)cn2)cc1. The first-order valence-electron chi connectivity index (χ1n) is 12.2. The zero-order valence-corrected chi connectivity index (χ0v) is 21.6. The Morgan fingerprint density at radius 3 is 2.54 bits per heavy atom. The highest BCUT2D eigenvalue weighted by molar-refractivity contribution is 8.00. The molecule has 0 aliphatic carbocycles. The van der Waals surface area contributed by atoms with E-state index in [0.29, 0.717) is 18.7 Å². The highest BCUT2D eigenvalue weighted by atomic mass is 32.2. The molecule has 0 radical (unpaired) electrons. The maximum absolute atomic E-state index is 13.4. The van der Waals surface area contributed by atoms with Crippen molar-refractivity contribution >= 4 is 29.2 Å². The summed E-state index contributed by atoms with van der Waals surface area (Å²) < 4.78 is 8.86. The number of para-hydroxylation sites is 2. The number of piperazine rings is 1. The van der Waals surface area contributed by atoms with Gasteiger partial charge in [0.25, 0.3) is 5.91 Å². The molecule has 0 saturated carbocycles. The first-order chi connectivity index (χ1) is 17.1. The molecule has 3 aromatic rings. The topological polar surface area (TPSA) is 57.7 Å². The number of nitrogens with zero attached hydrogens (tertiary/aromatic N) is 3. The Bertz CT molecular complexity index is 1130. The molecule has 2 heterocycles. The van der Waals surface area contributed by atoms with Crippen molar-refractivity contribution in [2.24, 2.45) is 0 Å². The third-order valence-electron chi connectivity index (χ3n) is 6.35. The number of amides is 1. The van der Waals surface area contributed by atoms with E-state index in [-0.39, 0.29) is 5.91 Å². The van der Waals surface area contributed by atoms with E-state index in [1.54, 1.807) is 13.3 Å². The Labute approximate surface area is 212 Å². The predicted octanol–water partition coefficient (Wildman–Crippen LogP) is 5.82. The largest absolute Gasteiger partial charge is 0.495 e. The summed E-state index contributed by atoms with van der Waals surface area (Å²) in [5.41, 5.74) is 5.06. The van der Waals surface area contributed by atoms with Gasteiger partial charge in [-0.1, -0.05) is 37.6 Å². The van der Waals surface area contributed by atoms with Crippen molar-refractivity contribution in [1.82, 2.24) is 9.88 Å². The van der Waals surface area contributed by atoms with Crippen LogP contribution in [0, 0.1) is 6.92 Å². The third-order valence-corrected chi connectivity index (χ3v) is 7.12. The van der Waals surface area contributed by atoms with E-state index >= 15 is 0 Å². The summed E-state index contributed by atoms with van der Waals surface area (Å²) >= 11 is 1.43. The van der Waals surface area contributed by atoms with E-state index < -0.39 is 0 Å². The van der Waals surface area contributed by atoms with Gasteiger partial charge in [-0.2, -0.15) is 0 Å². The van der Waals surface area contributed by atoms with E-state index in [2.05, 4.69) is 51.9 Å². The van der Waals surface area contributed by atoms with Crippen molar-refractivity contribution in [3.63, 3.8) is 0 Å². The van der Waals surface area contributed by atoms with E-state index in [1.165, 1.54) is 30.4 Å². The summed E-state index contributed by atoms with van der Waals surface area (Å²) in [6.45, 7) is 7.04. The summed E-state index contributed by atoms with van der Waals surface area (Å²) in [5.74, 6) is 0.925. The van der Waals surface area contributed by atoms with Crippen molar-refractivity contribution in [3.05, 3.63) is 77.5 Å². The van der Waals surface area contributed by atoms with Crippen LogP contribution >= 0.6 is 11.9 Å². The van der Waals surface area contributed by atoms with Crippen molar-refractivity contribution in [1.29, 1.82) is 0 Å². The zero-order chi connectivity index (χ0) is 24.6. The Balaban J connectivity index is 1.36. The second kappa shape index (κ2) is 12.0. The van der Waals surface area contributed by atoms with Gasteiger partial charge in [-0.25, -0.2) is 4.98 Å². The molecule has 6 nitrogen and oxygen atoms in total. The molecule has 1 fully saturated rings. The number of unbranched alkanes of at least 4 members (excludes halogenated alkanes) is 1. The maximum atomic E-state index is 13.4. The number of hydrogen-bond acceptors (Lipinski definition) is 6. The number of rotatable bonds is 9. The monoisotopic (exact) mass is 490 g/mol. The summed E-state index contributed by atoms with van der Waals surface area (Å²) in [4.78, 5) is 22.1. The van der Waals surface area contributed by atoms with E-state index in [4.69, 9.17) is 4.74 Å². The van der Waals surface area contributed by atoms with Gasteiger partial charge in [-0.05, 0) is 61.2 Å². The second-order valence-electron chi connectivity index (χ2n) is 8.79. The van der Waals surface area contributed by atoms with Gasteiger partial charge in [0.1, 0.15) is 10.8 Å². The fraction of sp³-hybridized carbons (Fsp3) is 0.357. The van der Waals surface area contributed by atoms with Crippen LogP contribution < -0.4 is 14.4 Å². The lowest BCUT2D eigenvalue weighted by Crippen LogP contribution is -2.49. The average molecular weight is 491 g/mol. The number of hydrogen-bond donors (Lipinski definition) is 1. The van der Waals surface area contributed by atoms with E-state index in [0.717, 1.165) is 47.2 Å². The Morgan fingerprint density at radius 1 is 1.09 bits per heavy atom. The molecule has 1 aromatic heterocycles. The zero-order valence-electron chi connectivity index (χ0n) is 20.8. The van der Waals surface area contributed by atoms with Crippen LogP contribution in [0.25, 0.3) is 0 Å². The summed E-state index contributed by atoms with van der Waals surface area (Å²) in [5, 5.41) is 0.779. The lowest BCUT2D eigenvalue weighted by atomic mass is 10.1. The van der Waals surface area contributed by atoms with Gasteiger partial charge in [-0.3, -0.25) is 4.79 Å². The van der Waals surface area contributed by atoms with Crippen molar-refractivity contribution < 1.29 is 9.53 Å². The Hall–Kier alpha value is -3.19. The molecular formula is C28H34N4O2S. The van der Waals surface area contributed by atoms with Gasteiger partial charge in [0.2, 0.25) is 0 Å². The summed E-state index contributed by atoms with van der Waals surface area (Å²) in [6.07, 6.45) is 5.31. The van der Waals surface area contributed by atoms with Crippen molar-refractivity contribution in [2.45, 2.75) is 38.1 Å². The molecule has 7 heteroatoms. The minimum Gasteiger partial charge on any atom is -0.495 e. The van der Waals surface area contributed by atoms with Gasteiger partial charge >= 0.3 is 0 Å². The lowest BCUT2D eigenvalue weighted by Gasteiger charge is -2.36. The first-order valence-corrected chi connectivity index (χ1v) is 13.1. The molecule has 1 N–H and O–H groups in total. The first kappa shape index (κ1) is 24.9. The molecule has 1 aliphatic rings. The molecule has 0 atom stereocenters. The van der Waals surface area contributed by atoms with E-state index in [9.17, 15) is 4.79 Å². The number of methoxy groups -OCH3 is 1. The Kier molecular flexibility index (Phi) is 8.53. The smallest absolute Gasteiger partial charge is 0.254 e. The van der Waals surface area contributed by atoms with Crippen LogP contribution in [0.2, 0.25) is 0 Å². The van der Waals surface area contributed by atoms with Crippen LogP contribution in [0.15, 0.2) is 65.8 Å². The summed E-state index contributed by atoms with van der Waals surface area (Å²) in [6, 6.07) is 18.5. The standard InChI is InChI=1S/C28H34N4O2S/c1-4-5-8-22-11-13-23(14-12-22)30-35-27-19-24(21(2)20-29-27)28(33)32-17-15-31(16-18-32)25-9-6-7-10-26(25)34-3/h6-7,9-14,19-20,30H,4-5,8,15-18H2,1-3H3. The number of nitrogens with one attached hydrogen (secondary N) is 1. The van der Waals surface area contributed by atoms with Crippen molar-refractivity contribution in [2.75, 3.05) is 42.9 Å². The van der Waals surface area contributed by atoms with Crippen LogP contribution in [-0.4, -0.2) is 49.1 Å². The number of pyridine rings is 1. The molecule has 0 spiro atoms. The molecule has 1 amide bonds. The molecule has 0 unspecified atom stereocenters. The molecule has 4 rings (SSSR count). The number of aromatic nitrogens is 1. The van der Waals surface area contributed by atoms with Gasteiger partial charge in [0.05, 0.1) is 12.8 Å².